The molecule has 1 aromatic rings. The van der Waals surface area contributed by atoms with Crippen LogP contribution in [0.25, 0.3) is 0 Å². The van der Waals surface area contributed by atoms with Crippen molar-refractivity contribution in [1.29, 1.82) is 5.26 Å². The average Bonchev–Trinajstić information content (AvgIpc) is 2.16. The van der Waals surface area contributed by atoms with Crippen molar-refractivity contribution in [3.8, 4) is 6.07 Å². The van der Waals surface area contributed by atoms with Crippen molar-refractivity contribution in [3.05, 3.63) is 35.9 Å². The molecule has 72 valence electrons. The van der Waals surface area contributed by atoms with Crippen LogP contribution in [-0.2, 0) is 0 Å². The van der Waals surface area contributed by atoms with Crippen LogP contribution in [0.2, 0.25) is 0 Å². The van der Waals surface area contributed by atoms with Crippen molar-refractivity contribution in [2.24, 2.45) is 0 Å². The number of nitrogens with zero attached hydrogens (tertiary/aromatic N) is 1. The number of rotatable bonds is 3. The molecule has 1 rings (SSSR count). The smallest absolute Gasteiger partial charge is 0.101 e. The molecule has 0 radical (unpaired) electrons. The van der Waals surface area contributed by atoms with Gasteiger partial charge >= 0.3 is 0 Å². The highest BCUT2D eigenvalue weighted by atomic mass is 14.9. The van der Waals surface area contributed by atoms with E-state index < -0.39 is 0 Å². The molecule has 0 heterocycles. The molecule has 0 unspecified atom stereocenters. The van der Waals surface area contributed by atoms with Crippen LogP contribution in [-0.4, -0.2) is 6.54 Å². The predicted molar refractivity (Wildman–Crippen MR) is 58.9 cm³/mol. The maximum absolute atomic E-state index is 8.74. The first-order chi connectivity index (χ1) is 6.65. The highest BCUT2D eigenvalue weighted by Crippen LogP contribution is 2.21. The number of para-hydroxylation sites is 1. The van der Waals surface area contributed by atoms with E-state index in [-0.39, 0.29) is 0 Å². The molecule has 0 saturated carbocycles. The van der Waals surface area contributed by atoms with Gasteiger partial charge in [-0.05, 0) is 19.1 Å². The summed E-state index contributed by atoms with van der Waals surface area (Å²) in [5.74, 6) is 0. The zero-order valence-electron chi connectivity index (χ0n) is 8.17. The summed E-state index contributed by atoms with van der Waals surface area (Å²) in [5, 5.41) is 11.9. The van der Waals surface area contributed by atoms with Crippen LogP contribution in [0.3, 0.4) is 0 Å². The van der Waals surface area contributed by atoms with E-state index in [0.29, 0.717) is 17.8 Å². The summed E-state index contributed by atoms with van der Waals surface area (Å²) >= 11 is 0. The number of benzene rings is 1. The number of nitrogens with two attached hydrogens (primary N) is 1. The molecule has 14 heavy (non-hydrogen) atoms. The Labute approximate surface area is 83.8 Å². The largest absolute Gasteiger partial charge is 0.396 e. The van der Waals surface area contributed by atoms with Crippen LogP contribution < -0.4 is 11.1 Å². The van der Waals surface area contributed by atoms with Crippen LogP contribution in [0.1, 0.15) is 12.5 Å². The standard InChI is InChI=1S/C11H13N3/c1-8(2)7-14-10-5-3-4-9(6-12)11(10)13/h3-5,14H,1,7,13H2,2H3. The van der Waals surface area contributed by atoms with Crippen molar-refractivity contribution >= 4 is 11.4 Å². The molecule has 0 fully saturated rings. The number of hydrogen-bond donors (Lipinski definition) is 2. The molecule has 0 bridgehead atoms. The maximum Gasteiger partial charge on any atom is 0.101 e. The van der Waals surface area contributed by atoms with Gasteiger partial charge in [0, 0.05) is 6.54 Å². The molecule has 3 heteroatoms. The van der Waals surface area contributed by atoms with E-state index in [1.165, 1.54) is 0 Å². The minimum Gasteiger partial charge on any atom is -0.396 e. The lowest BCUT2D eigenvalue weighted by atomic mass is 10.1. The molecule has 1 aromatic carbocycles. The molecular weight excluding hydrogens is 174 g/mol. The van der Waals surface area contributed by atoms with Gasteiger partial charge in [0.1, 0.15) is 6.07 Å². The average molecular weight is 187 g/mol. The van der Waals surface area contributed by atoms with E-state index in [4.69, 9.17) is 11.0 Å². The van der Waals surface area contributed by atoms with Gasteiger partial charge in [-0.2, -0.15) is 5.26 Å². The van der Waals surface area contributed by atoms with Crippen LogP contribution >= 0.6 is 0 Å². The van der Waals surface area contributed by atoms with Crippen LogP contribution in [0, 0.1) is 11.3 Å². The fourth-order valence-electron chi connectivity index (χ4n) is 1.06. The molecule has 0 amide bonds. The normalized spacial score (nSPS) is 9.14. The topological polar surface area (TPSA) is 61.8 Å². The summed E-state index contributed by atoms with van der Waals surface area (Å²) in [6, 6.07) is 7.38. The first-order valence-electron chi connectivity index (χ1n) is 4.32. The fourth-order valence-corrected chi connectivity index (χ4v) is 1.06. The highest BCUT2D eigenvalue weighted by Gasteiger charge is 2.02. The van der Waals surface area contributed by atoms with Crippen LogP contribution in [0.5, 0.6) is 0 Å². The maximum atomic E-state index is 8.74. The van der Waals surface area contributed by atoms with E-state index in [0.717, 1.165) is 11.3 Å². The first-order valence-corrected chi connectivity index (χ1v) is 4.32. The molecule has 0 aromatic heterocycles. The van der Waals surface area contributed by atoms with Gasteiger partial charge in [0.15, 0.2) is 0 Å². The minimum atomic E-state index is 0.497. The SMILES string of the molecule is C=C(C)CNc1cccc(C#N)c1N. The Bertz CT molecular complexity index is 388. The Hall–Kier alpha value is -1.95. The summed E-state index contributed by atoms with van der Waals surface area (Å²) < 4.78 is 0. The van der Waals surface area contributed by atoms with Gasteiger partial charge in [0.25, 0.3) is 0 Å². The van der Waals surface area contributed by atoms with E-state index >= 15 is 0 Å². The minimum absolute atomic E-state index is 0.497. The summed E-state index contributed by atoms with van der Waals surface area (Å²) in [7, 11) is 0. The quantitative estimate of drug-likeness (QED) is 0.563. The van der Waals surface area contributed by atoms with Crippen molar-refractivity contribution in [2.45, 2.75) is 6.92 Å². The lowest BCUT2D eigenvalue weighted by Gasteiger charge is -2.09. The molecule has 3 nitrogen and oxygen atoms in total. The summed E-state index contributed by atoms with van der Waals surface area (Å²) in [5.41, 5.74) is 8.56. The van der Waals surface area contributed by atoms with Gasteiger partial charge in [0.2, 0.25) is 0 Å². The second kappa shape index (κ2) is 4.33. The molecule has 0 saturated heterocycles. The highest BCUT2D eigenvalue weighted by molar-refractivity contribution is 5.72. The summed E-state index contributed by atoms with van der Waals surface area (Å²) in [4.78, 5) is 0. The summed E-state index contributed by atoms with van der Waals surface area (Å²) in [6.07, 6.45) is 0. The van der Waals surface area contributed by atoms with Crippen molar-refractivity contribution in [1.82, 2.24) is 0 Å². The third-order valence-corrected chi connectivity index (χ3v) is 1.81. The van der Waals surface area contributed by atoms with Crippen LogP contribution in [0.4, 0.5) is 11.4 Å². The van der Waals surface area contributed by atoms with E-state index in [9.17, 15) is 0 Å². The van der Waals surface area contributed by atoms with Gasteiger partial charge < -0.3 is 11.1 Å². The number of nitriles is 1. The third kappa shape index (κ3) is 2.27. The zero-order chi connectivity index (χ0) is 10.6. The number of anilines is 2. The molecule has 0 aliphatic carbocycles. The Balaban J connectivity index is 2.88. The Kier molecular flexibility index (Phi) is 3.14. The van der Waals surface area contributed by atoms with Gasteiger partial charge in [0.05, 0.1) is 16.9 Å². The monoisotopic (exact) mass is 187 g/mol. The van der Waals surface area contributed by atoms with E-state index in [1.54, 1.807) is 12.1 Å². The third-order valence-electron chi connectivity index (χ3n) is 1.81. The lowest BCUT2D eigenvalue weighted by Crippen LogP contribution is -2.05. The second-order valence-electron chi connectivity index (χ2n) is 3.19. The van der Waals surface area contributed by atoms with Crippen LogP contribution in [0.15, 0.2) is 30.4 Å². The Morgan fingerprint density at radius 1 is 1.64 bits per heavy atom. The Morgan fingerprint density at radius 2 is 2.36 bits per heavy atom. The lowest BCUT2D eigenvalue weighted by molar-refractivity contribution is 1.22. The second-order valence-corrected chi connectivity index (χ2v) is 3.19. The molecule has 0 atom stereocenters. The zero-order valence-corrected chi connectivity index (χ0v) is 8.17. The van der Waals surface area contributed by atoms with Gasteiger partial charge in [-0.3, -0.25) is 0 Å². The first kappa shape index (κ1) is 10.1. The molecule has 0 spiro atoms. The predicted octanol–water partition coefficient (Wildman–Crippen LogP) is 2.13. The van der Waals surface area contributed by atoms with E-state index in [2.05, 4.69) is 11.9 Å². The number of nitrogen functional groups attached to an aromatic ring is 1. The summed E-state index contributed by atoms with van der Waals surface area (Å²) in [6.45, 7) is 6.37. The van der Waals surface area contributed by atoms with Crippen molar-refractivity contribution in [3.63, 3.8) is 0 Å². The van der Waals surface area contributed by atoms with Gasteiger partial charge in [-0.25, -0.2) is 0 Å². The fraction of sp³-hybridized carbons (Fsp3) is 0.182. The van der Waals surface area contributed by atoms with Crippen molar-refractivity contribution < 1.29 is 0 Å². The number of nitrogens with one attached hydrogen (secondary N) is 1. The molecule has 0 aliphatic heterocycles. The van der Waals surface area contributed by atoms with Crippen molar-refractivity contribution in [2.75, 3.05) is 17.6 Å². The van der Waals surface area contributed by atoms with Gasteiger partial charge in [-0.15, -0.1) is 0 Å². The molecule has 0 aliphatic rings. The molecule has 3 N–H and O–H groups in total. The number of hydrogen-bond acceptors (Lipinski definition) is 3. The van der Waals surface area contributed by atoms with Gasteiger partial charge in [-0.1, -0.05) is 18.2 Å². The van der Waals surface area contributed by atoms with E-state index in [1.807, 2.05) is 19.1 Å². The Morgan fingerprint density at radius 3 is 2.93 bits per heavy atom. The molecular formula is C11H13N3.